The second-order valence-electron chi connectivity index (χ2n) is 23.7. The average Bonchev–Trinajstić information content (AvgIpc) is 3.49. The van der Waals surface area contributed by atoms with Crippen molar-refractivity contribution >= 4 is 17.9 Å². The second kappa shape index (κ2) is 70.8. The first-order chi connectivity index (χ1) is 41.0. The normalized spacial score (nSPS) is 12.7. The molecule has 0 saturated heterocycles. The van der Waals surface area contributed by atoms with Crippen LogP contribution >= 0.6 is 0 Å². The molecular formula is C77H134O6. The Morgan fingerprint density at radius 2 is 0.470 bits per heavy atom. The van der Waals surface area contributed by atoms with Crippen LogP contribution in [0.25, 0.3) is 0 Å². The molecule has 1 atom stereocenters. The molecule has 0 N–H and O–H groups in total. The zero-order valence-electron chi connectivity index (χ0n) is 54.9. The summed E-state index contributed by atoms with van der Waals surface area (Å²) in [6.45, 7) is 6.37. The first-order valence-electron chi connectivity index (χ1n) is 35.7. The summed E-state index contributed by atoms with van der Waals surface area (Å²) in [5.41, 5.74) is 0. The van der Waals surface area contributed by atoms with Gasteiger partial charge in [-0.1, -0.05) is 336 Å². The summed E-state index contributed by atoms with van der Waals surface area (Å²) in [5.74, 6) is -0.870. The van der Waals surface area contributed by atoms with Crippen LogP contribution in [0.2, 0.25) is 0 Å². The zero-order valence-corrected chi connectivity index (χ0v) is 54.9. The van der Waals surface area contributed by atoms with Gasteiger partial charge in [-0.3, -0.25) is 14.4 Å². The Morgan fingerprint density at radius 3 is 0.735 bits per heavy atom. The highest BCUT2D eigenvalue weighted by Crippen LogP contribution is 2.18. The van der Waals surface area contributed by atoms with Crippen molar-refractivity contribution in [1.29, 1.82) is 0 Å². The standard InChI is InChI=1S/C77H134O6/c1-4-7-10-13-15-17-19-21-23-25-27-29-31-33-35-36-37-38-39-40-42-43-45-47-49-51-53-55-57-59-61-64-67-70-76(79)82-73-74(72-81-75(78)69-66-63-12-9-6-3)83-77(80)71-68-65-62-60-58-56-54-52-50-48-46-44-41-34-32-30-28-26-24-22-20-18-16-14-11-8-5-2/h7-8,10-11,15-18,21-24,27-30,74H,4-6,9,12-14,19-20,25-26,31-73H2,1-3H3/b10-7-,11-8-,17-15-,18-16-,23-21-,24-22-,29-27-,30-28-. The lowest BCUT2D eigenvalue weighted by atomic mass is 10.0. The van der Waals surface area contributed by atoms with Gasteiger partial charge in [-0.2, -0.15) is 0 Å². The van der Waals surface area contributed by atoms with Crippen molar-refractivity contribution in [1.82, 2.24) is 0 Å². The minimum atomic E-state index is -0.772. The van der Waals surface area contributed by atoms with Gasteiger partial charge in [0.15, 0.2) is 6.10 Å². The van der Waals surface area contributed by atoms with Gasteiger partial charge < -0.3 is 14.2 Å². The Morgan fingerprint density at radius 1 is 0.253 bits per heavy atom. The maximum absolute atomic E-state index is 12.9. The largest absolute Gasteiger partial charge is 0.462 e. The number of allylic oxidation sites excluding steroid dienone is 16. The quantitative estimate of drug-likeness (QED) is 0.0261. The Balaban J connectivity index is 3.93. The lowest BCUT2D eigenvalue weighted by molar-refractivity contribution is -0.167. The Kier molecular flexibility index (Phi) is 67.7. The van der Waals surface area contributed by atoms with Crippen LogP contribution < -0.4 is 0 Å². The van der Waals surface area contributed by atoms with Crippen LogP contribution in [0.1, 0.15) is 355 Å². The molecule has 0 saturated carbocycles. The van der Waals surface area contributed by atoms with Crippen LogP contribution in [-0.4, -0.2) is 37.2 Å². The minimum absolute atomic E-state index is 0.0725. The highest BCUT2D eigenvalue weighted by molar-refractivity contribution is 5.71. The molecule has 0 aliphatic carbocycles. The van der Waals surface area contributed by atoms with E-state index >= 15 is 0 Å². The van der Waals surface area contributed by atoms with Gasteiger partial charge in [0, 0.05) is 19.3 Å². The number of hydrogen-bond acceptors (Lipinski definition) is 6. The molecule has 6 heteroatoms. The van der Waals surface area contributed by atoms with Crippen LogP contribution in [0.15, 0.2) is 97.2 Å². The summed E-state index contributed by atoms with van der Waals surface area (Å²) in [6, 6.07) is 0. The van der Waals surface area contributed by atoms with Gasteiger partial charge in [0.2, 0.25) is 0 Å². The molecule has 6 nitrogen and oxygen atoms in total. The predicted octanol–water partition coefficient (Wildman–Crippen LogP) is 24.8. The molecule has 0 aliphatic heterocycles. The molecule has 0 aromatic rings. The van der Waals surface area contributed by atoms with Crippen molar-refractivity contribution in [3.63, 3.8) is 0 Å². The highest BCUT2D eigenvalue weighted by atomic mass is 16.6. The lowest BCUT2D eigenvalue weighted by Gasteiger charge is -2.18. The fourth-order valence-electron chi connectivity index (χ4n) is 10.3. The van der Waals surface area contributed by atoms with E-state index in [0.29, 0.717) is 19.3 Å². The summed E-state index contributed by atoms with van der Waals surface area (Å²) >= 11 is 0. The first-order valence-corrected chi connectivity index (χ1v) is 35.7. The molecule has 0 aromatic carbocycles. The van der Waals surface area contributed by atoms with E-state index in [0.717, 1.165) is 116 Å². The van der Waals surface area contributed by atoms with E-state index in [2.05, 4.69) is 118 Å². The van der Waals surface area contributed by atoms with Crippen LogP contribution in [0.3, 0.4) is 0 Å². The van der Waals surface area contributed by atoms with Crippen molar-refractivity contribution in [3.8, 4) is 0 Å². The van der Waals surface area contributed by atoms with Crippen molar-refractivity contribution < 1.29 is 28.6 Å². The van der Waals surface area contributed by atoms with Crippen molar-refractivity contribution in [2.24, 2.45) is 0 Å². The Hall–Kier alpha value is -3.67. The smallest absolute Gasteiger partial charge is 0.306 e. The summed E-state index contributed by atoms with van der Waals surface area (Å²) in [7, 11) is 0. The van der Waals surface area contributed by atoms with Crippen LogP contribution in [0, 0.1) is 0 Å². The molecule has 0 radical (unpaired) electrons. The maximum Gasteiger partial charge on any atom is 0.306 e. The number of esters is 3. The van der Waals surface area contributed by atoms with Gasteiger partial charge in [0.25, 0.3) is 0 Å². The molecule has 0 heterocycles. The van der Waals surface area contributed by atoms with Crippen molar-refractivity contribution in [3.05, 3.63) is 97.2 Å². The molecule has 0 fully saturated rings. The Labute approximate surface area is 515 Å². The molecule has 0 spiro atoms. The van der Waals surface area contributed by atoms with Gasteiger partial charge >= 0.3 is 17.9 Å². The summed E-state index contributed by atoms with van der Waals surface area (Å²) in [6.07, 6.45) is 96.5. The van der Waals surface area contributed by atoms with Gasteiger partial charge in [-0.05, 0) is 96.3 Å². The molecule has 1 unspecified atom stereocenters. The SMILES string of the molecule is CC/C=C\C/C=C\C/C=C\C/C=C\CCCCCCCCCCCCCCCCCCCCCCC(=O)OCC(COC(=O)CCCCCCC)OC(=O)CCCCCCCCCCCCCCCC/C=C\C/C=C\C/C=C\C/C=C\CC. The van der Waals surface area contributed by atoms with E-state index in [9.17, 15) is 14.4 Å². The number of rotatable bonds is 65. The predicted molar refractivity (Wildman–Crippen MR) is 362 cm³/mol. The topological polar surface area (TPSA) is 78.9 Å². The summed E-state index contributed by atoms with van der Waals surface area (Å²) < 4.78 is 16.8. The van der Waals surface area contributed by atoms with E-state index in [1.165, 1.54) is 199 Å². The van der Waals surface area contributed by atoms with E-state index in [4.69, 9.17) is 14.2 Å². The van der Waals surface area contributed by atoms with Crippen molar-refractivity contribution in [2.45, 2.75) is 361 Å². The molecule has 83 heavy (non-hydrogen) atoms. The van der Waals surface area contributed by atoms with E-state index in [1.807, 2.05) is 0 Å². The number of hydrogen-bond donors (Lipinski definition) is 0. The lowest BCUT2D eigenvalue weighted by Crippen LogP contribution is -2.30. The molecule has 0 rings (SSSR count). The molecule has 0 aliphatic rings. The fourth-order valence-corrected chi connectivity index (χ4v) is 10.3. The van der Waals surface area contributed by atoms with Gasteiger partial charge in [-0.25, -0.2) is 0 Å². The van der Waals surface area contributed by atoms with E-state index < -0.39 is 6.10 Å². The number of unbranched alkanes of at least 4 members (excludes halogenated alkanes) is 38. The third-order valence-electron chi connectivity index (χ3n) is 15.6. The number of carbonyl (C=O) groups is 3. The van der Waals surface area contributed by atoms with Gasteiger partial charge in [0.1, 0.15) is 13.2 Å². The first kappa shape index (κ1) is 79.3. The van der Waals surface area contributed by atoms with Gasteiger partial charge in [0.05, 0.1) is 0 Å². The van der Waals surface area contributed by atoms with Gasteiger partial charge in [-0.15, -0.1) is 0 Å². The number of carbonyl (C=O) groups excluding carboxylic acids is 3. The monoisotopic (exact) mass is 1160 g/mol. The average molecular weight is 1160 g/mol. The zero-order chi connectivity index (χ0) is 59.9. The second-order valence-corrected chi connectivity index (χ2v) is 23.7. The molecular weight excluding hydrogens is 1020 g/mol. The molecule has 0 bridgehead atoms. The fraction of sp³-hybridized carbons (Fsp3) is 0.753. The molecule has 478 valence electrons. The minimum Gasteiger partial charge on any atom is -0.462 e. The third-order valence-corrected chi connectivity index (χ3v) is 15.6. The van der Waals surface area contributed by atoms with E-state index in [1.54, 1.807) is 0 Å². The highest BCUT2D eigenvalue weighted by Gasteiger charge is 2.19. The third kappa shape index (κ3) is 69.0. The van der Waals surface area contributed by atoms with Crippen LogP contribution in [-0.2, 0) is 28.6 Å². The number of ether oxygens (including phenoxy) is 3. The van der Waals surface area contributed by atoms with Crippen molar-refractivity contribution in [2.75, 3.05) is 13.2 Å². The molecule has 0 aromatic heterocycles. The summed E-state index contributed by atoms with van der Waals surface area (Å²) in [4.78, 5) is 38.0. The Bertz CT molecular complexity index is 1610. The maximum atomic E-state index is 12.9. The van der Waals surface area contributed by atoms with E-state index in [-0.39, 0.29) is 31.1 Å². The summed E-state index contributed by atoms with van der Waals surface area (Å²) in [5, 5.41) is 0. The van der Waals surface area contributed by atoms with Crippen LogP contribution in [0.4, 0.5) is 0 Å². The van der Waals surface area contributed by atoms with Crippen LogP contribution in [0.5, 0.6) is 0 Å². The molecule has 0 amide bonds.